The number of carbonyl (C=O) groups excluding carboxylic acids is 4. The van der Waals surface area contributed by atoms with Crippen molar-refractivity contribution in [3.8, 4) is 11.3 Å². The Kier molecular flexibility index (Phi) is 15.9. The molecule has 0 bridgehead atoms. The number of carbonyl (C=O) groups is 2. The molecule has 236 valence electrons. The molecule has 5 rings (SSSR count). The van der Waals surface area contributed by atoms with Crippen LogP contribution in [0.5, 0.6) is 0 Å². The van der Waals surface area contributed by atoms with Crippen LogP contribution in [0.4, 0.5) is 0 Å². The number of esters is 1. The highest BCUT2D eigenvalue weighted by Gasteiger charge is 2.33. The number of ether oxygens (including phenoxy) is 1. The topological polar surface area (TPSA) is 136 Å². The Bertz CT molecular complexity index is 1450. The third kappa shape index (κ3) is 11.2. The molecule has 0 amide bonds. The van der Waals surface area contributed by atoms with Gasteiger partial charge in [0.25, 0.3) is 0 Å². The quantitative estimate of drug-likeness (QED) is 0.0807. The first-order valence-electron chi connectivity index (χ1n) is 13.5. The number of benzene rings is 2. The second-order valence-electron chi connectivity index (χ2n) is 9.39. The van der Waals surface area contributed by atoms with Crippen molar-refractivity contribution in [3.63, 3.8) is 0 Å². The second-order valence-corrected chi connectivity index (χ2v) is 11.4. The van der Waals surface area contributed by atoms with Gasteiger partial charge in [0.15, 0.2) is 5.17 Å². The fourth-order valence-corrected chi connectivity index (χ4v) is 5.35. The Hall–Kier alpha value is -2.91. The van der Waals surface area contributed by atoms with Crippen molar-refractivity contribution in [1.29, 1.82) is 0 Å². The van der Waals surface area contributed by atoms with Gasteiger partial charge >= 0.3 is 12.1 Å². The monoisotopic (exact) mass is 704 g/mol. The van der Waals surface area contributed by atoms with Gasteiger partial charge in [-0.05, 0) is 63.3 Å². The number of rotatable bonds is 8. The summed E-state index contributed by atoms with van der Waals surface area (Å²) in [6.07, 6.45) is 5.40. The summed E-state index contributed by atoms with van der Waals surface area (Å²) in [5.41, 5.74) is 3.07. The molecule has 2 saturated carbocycles. The fourth-order valence-electron chi connectivity index (χ4n) is 3.90. The molecule has 1 N–H and O–H groups in total. The normalized spacial score (nSPS) is 13.6. The predicted octanol–water partition coefficient (Wildman–Crippen LogP) is 8.79. The zero-order valence-corrected chi connectivity index (χ0v) is 27.5. The second kappa shape index (κ2) is 18.8. The largest absolute Gasteiger partial charge is 0.466 e. The fraction of sp³-hybridized carbons (Fsp3) is 0.367. The van der Waals surface area contributed by atoms with E-state index >= 15 is 0 Å². The Morgan fingerprint density at radius 1 is 0.977 bits per heavy atom. The van der Waals surface area contributed by atoms with Crippen molar-refractivity contribution in [2.24, 2.45) is 11.1 Å². The van der Waals surface area contributed by atoms with Crippen molar-refractivity contribution >= 4 is 81.1 Å². The number of hydrogen-bond acceptors (Lipinski definition) is 9. The molecule has 0 radical (unpaired) electrons. The van der Waals surface area contributed by atoms with Gasteiger partial charge < -0.3 is 14.5 Å². The van der Waals surface area contributed by atoms with Gasteiger partial charge in [0.2, 0.25) is 0 Å². The summed E-state index contributed by atoms with van der Waals surface area (Å²) in [6.45, 7) is 4.20. The van der Waals surface area contributed by atoms with Crippen LogP contribution in [0.2, 0.25) is 20.1 Å². The van der Waals surface area contributed by atoms with Crippen LogP contribution in [0.3, 0.4) is 0 Å². The summed E-state index contributed by atoms with van der Waals surface area (Å²) in [5, 5.41) is 17.2. The number of hydrogen-bond donors (Lipinski definition) is 1. The molecule has 1 aromatic heterocycles. The van der Waals surface area contributed by atoms with Gasteiger partial charge in [-0.1, -0.05) is 87.4 Å². The molecule has 14 heteroatoms. The van der Waals surface area contributed by atoms with E-state index in [4.69, 9.17) is 77.3 Å². The van der Waals surface area contributed by atoms with Crippen LogP contribution in [0.15, 0.2) is 46.1 Å². The van der Waals surface area contributed by atoms with Crippen molar-refractivity contribution in [2.45, 2.75) is 58.3 Å². The van der Waals surface area contributed by atoms with Gasteiger partial charge in [-0.3, -0.25) is 9.59 Å². The molecule has 3 aromatic rings. The van der Waals surface area contributed by atoms with E-state index in [9.17, 15) is 9.59 Å². The van der Waals surface area contributed by atoms with Crippen molar-refractivity contribution in [3.05, 3.63) is 73.4 Å². The first-order chi connectivity index (χ1) is 21.0. The predicted molar refractivity (Wildman–Crippen MR) is 168 cm³/mol. The first kappa shape index (κ1) is 37.3. The smallest absolute Gasteiger partial charge is 0.373 e. The number of oxime groups is 1. The van der Waals surface area contributed by atoms with Gasteiger partial charge in [0.05, 0.1) is 32.3 Å². The molecular formula is C30H29Cl5N2O7. The summed E-state index contributed by atoms with van der Waals surface area (Å²) in [7, 11) is 0. The number of nitrogens with zero attached hydrogens (tertiary/aromatic N) is 2. The average molecular weight is 707 g/mol. The van der Waals surface area contributed by atoms with E-state index in [1.165, 1.54) is 12.8 Å². The minimum Gasteiger partial charge on any atom is -0.466 e. The van der Waals surface area contributed by atoms with Crippen molar-refractivity contribution in [1.82, 2.24) is 5.16 Å². The number of ketones is 1. The minimum atomic E-state index is -0.385. The maximum absolute atomic E-state index is 11.0. The van der Waals surface area contributed by atoms with E-state index < -0.39 is 0 Å². The molecule has 1 heterocycles. The third-order valence-electron chi connectivity index (χ3n) is 6.23. The lowest BCUT2D eigenvalue weighted by atomic mass is 10.0. The highest BCUT2D eigenvalue weighted by molar-refractivity contribution is 6.71. The summed E-state index contributed by atoms with van der Waals surface area (Å²) in [4.78, 5) is 38.0. The van der Waals surface area contributed by atoms with E-state index in [2.05, 4.69) is 22.0 Å². The van der Waals surface area contributed by atoms with E-state index in [1.54, 1.807) is 25.1 Å². The van der Waals surface area contributed by atoms with Gasteiger partial charge in [-0.2, -0.15) is 9.59 Å². The van der Waals surface area contributed by atoms with Crippen LogP contribution in [0.25, 0.3) is 11.3 Å². The Morgan fingerprint density at radius 3 is 1.93 bits per heavy atom. The molecule has 0 spiro atoms. The number of Topliss-reactive ketones (excluding diaryl/α,β-unsaturated/α-hetero) is 1. The molecule has 2 fully saturated rings. The Labute approximate surface area is 279 Å². The van der Waals surface area contributed by atoms with Crippen molar-refractivity contribution in [2.75, 3.05) is 6.61 Å². The molecule has 0 aliphatic heterocycles. The zero-order chi connectivity index (χ0) is 32.8. The molecular weight excluding hydrogens is 678 g/mol. The Balaban J connectivity index is 0.000000229. The molecule has 44 heavy (non-hydrogen) atoms. The van der Waals surface area contributed by atoms with Crippen molar-refractivity contribution < 1.29 is 33.6 Å². The van der Waals surface area contributed by atoms with E-state index in [0.29, 0.717) is 38.2 Å². The van der Waals surface area contributed by atoms with Gasteiger partial charge in [0, 0.05) is 23.0 Å². The highest BCUT2D eigenvalue weighted by atomic mass is 35.5. The number of halogens is 5. The van der Waals surface area contributed by atoms with Gasteiger partial charge in [0.1, 0.15) is 23.7 Å². The minimum absolute atomic E-state index is 0.0293. The van der Waals surface area contributed by atoms with E-state index in [0.717, 1.165) is 41.8 Å². The standard InChI is InChI=1S/C14H13Cl2NO.C8H12O3.C7H4Cl3NO.CO2/c1-2-9-13(17-18-14(9)8-6-7-8)12-10(15)4-3-5-11(12)16;1-2-11-8(10)5-7(9)6-3-4-6;8-4-2-1-3-5(9)6(4)7(10)11-12;2-1-3/h3-5,8H,2,6-7H2,1H3;6H,2-5H2,1H3;1-3,12H;. The SMILES string of the molecule is CCOC(=O)CC(=O)C1CC1.CCc1c(-c2c(Cl)cccc2Cl)noc1C1CC1.O=C=O.ON=C(Cl)c1c(Cl)cccc1Cl. The molecule has 0 unspecified atom stereocenters. The summed E-state index contributed by atoms with van der Waals surface area (Å²) in [5.74, 6) is 1.39. The molecule has 0 atom stereocenters. The van der Waals surface area contributed by atoms with Crippen LogP contribution in [0.1, 0.15) is 68.8 Å². The van der Waals surface area contributed by atoms with E-state index in [1.807, 2.05) is 18.2 Å². The van der Waals surface area contributed by atoms with Crippen LogP contribution in [-0.2, 0) is 30.3 Å². The highest BCUT2D eigenvalue weighted by Crippen LogP contribution is 2.45. The maximum atomic E-state index is 11.0. The third-order valence-corrected chi connectivity index (χ3v) is 7.76. The van der Waals surface area contributed by atoms with E-state index in [-0.39, 0.29) is 35.4 Å². The molecule has 0 saturated heterocycles. The van der Waals surface area contributed by atoms with Gasteiger partial charge in [-0.15, -0.1) is 0 Å². The van der Waals surface area contributed by atoms with Crippen LogP contribution >= 0.6 is 58.0 Å². The zero-order valence-electron chi connectivity index (χ0n) is 23.7. The molecule has 2 aliphatic rings. The van der Waals surface area contributed by atoms with Crippen LogP contribution in [-0.4, -0.2) is 40.0 Å². The Morgan fingerprint density at radius 2 is 1.50 bits per heavy atom. The molecule has 2 aromatic carbocycles. The summed E-state index contributed by atoms with van der Waals surface area (Å²) < 4.78 is 10.1. The molecule has 2 aliphatic carbocycles. The summed E-state index contributed by atoms with van der Waals surface area (Å²) >= 11 is 29.5. The lowest BCUT2D eigenvalue weighted by Gasteiger charge is -2.05. The lowest BCUT2D eigenvalue weighted by molar-refractivity contribution is -0.191. The van der Waals surface area contributed by atoms with Gasteiger partial charge in [-0.25, -0.2) is 0 Å². The lowest BCUT2D eigenvalue weighted by Crippen LogP contribution is -2.12. The average Bonchev–Trinajstić information content (AvgIpc) is 3.92. The number of aromatic nitrogens is 1. The van der Waals surface area contributed by atoms with Crippen LogP contribution in [0, 0.1) is 5.92 Å². The first-order valence-corrected chi connectivity index (χ1v) is 15.4. The van der Waals surface area contributed by atoms with Crippen LogP contribution < -0.4 is 0 Å². The summed E-state index contributed by atoms with van der Waals surface area (Å²) in [6, 6.07) is 10.4. The molecule has 9 nitrogen and oxygen atoms in total. The maximum Gasteiger partial charge on any atom is 0.373 e.